The summed E-state index contributed by atoms with van der Waals surface area (Å²) in [6, 6.07) is 8.38. The molecule has 19 heavy (non-hydrogen) atoms. The Morgan fingerprint density at radius 1 is 1.26 bits per heavy atom. The summed E-state index contributed by atoms with van der Waals surface area (Å²) in [4.78, 5) is 2.66. The van der Waals surface area contributed by atoms with Gasteiger partial charge in [0.2, 0.25) is 0 Å². The number of piperidine rings is 1. The first-order valence-electron chi connectivity index (χ1n) is 7.85. The van der Waals surface area contributed by atoms with E-state index in [0.29, 0.717) is 6.04 Å². The first kappa shape index (κ1) is 13.0. The number of hydrogen-bond acceptors (Lipinski definition) is 2. The number of nitrogens with zero attached hydrogens (tertiary/aromatic N) is 1. The van der Waals surface area contributed by atoms with Crippen LogP contribution in [-0.2, 0) is 12.8 Å². The summed E-state index contributed by atoms with van der Waals surface area (Å²) >= 11 is 0. The molecule has 1 aromatic carbocycles. The van der Waals surface area contributed by atoms with Gasteiger partial charge in [-0.3, -0.25) is 0 Å². The lowest BCUT2D eigenvalue weighted by Crippen LogP contribution is -2.38. The number of nitrogens with one attached hydrogen (secondary N) is 1. The van der Waals surface area contributed by atoms with Crippen molar-refractivity contribution in [1.82, 2.24) is 4.90 Å². The molecule has 1 aromatic rings. The SMILES string of the molecule is CC1Cc2cc(CCN3CCCCC3C)ccc2N1. The van der Waals surface area contributed by atoms with E-state index in [1.54, 1.807) is 0 Å². The van der Waals surface area contributed by atoms with Crippen LogP contribution in [-0.4, -0.2) is 30.1 Å². The van der Waals surface area contributed by atoms with Crippen LogP contribution >= 0.6 is 0 Å². The summed E-state index contributed by atoms with van der Waals surface area (Å²) in [7, 11) is 0. The zero-order chi connectivity index (χ0) is 13.2. The quantitative estimate of drug-likeness (QED) is 0.893. The third kappa shape index (κ3) is 2.94. The monoisotopic (exact) mass is 258 g/mol. The van der Waals surface area contributed by atoms with E-state index in [2.05, 4.69) is 42.3 Å². The lowest BCUT2D eigenvalue weighted by molar-refractivity contribution is 0.163. The molecule has 2 heterocycles. The Labute approximate surface area is 117 Å². The molecule has 0 amide bonds. The molecule has 1 fully saturated rings. The number of rotatable bonds is 3. The molecule has 2 aliphatic rings. The summed E-state index contributed by atoms with van der Waals surface area (Å²) in [6.45, 7) is 7.16. The molecule has 1 saturated heterocycles. The van der Waals surface area contributed by atoms with Crippen LogP contribution in [0.3, 0.4) is 0 Å². The minimum absolute atomic E-state index is 0.604. The van der Waals surface area contributed by atoms with Gasteiger partial charge in [-0.2, -0.15) is 0 Å². The first-order valence-corrected chi connectivity index (χ1v) is 7.85. The molecular weight excluding hydrogens is 232 g/mol. The van der Waals surface area contributed by atoms with Crippen molar-refractivity contribution in [3.63, 3.8) is 0 Å². The average Bonchev–Trinajstić information content (AvgIpc) is 2.77. The highest BCUT2D eigenvalue weighted by atomic mass is 15.1. The van der Waals surface area contributed by atoms with Crippen LogP contribution in [0.25, 0.3) is 0 Å². The summed E-state index contributed by atoms with van der Waals surface area (Å²) in [6.07, 6.45) is 6.57. The Morgan fingerprint density at radius 3 is 3.00 bits per heavy atom. The smallest absolute Gasteiger partial charge is 0.0375 e. The fraction of sp³-hybridized carbons (Fsp3) is 0.647. The van der Waals surface area contributed by atoms with Crippen LogP contribution in [0.2, 0.25) is 0 Å². The second-order valence-corrected chi connectivity index (χ2v) is 6.37. The zero-order valence-electron chi connectivity index (χ0n) is 12.3. The fourth-order valence-electron chi connectivity index (χ4n) is 3.52. The Balaban J connectivity index is 1.60. The van der Waals surface area contributed by atoms with Gasteiger partial charge >= 0.3 is 0 Å². The van der Waals surface area contributed by atoms with Crippen molar-refractivity contribution in [3.8, 4) is 0 Å². The Hall–Kier alpha value is -1.02. The predicted molar refractivity (Wildman–Crippen MR) is 81.8 cm³/mol. The largest absolute Gasteiger partial charge is 0.382 e. The minimum atomic E-state index is 0.604. The molecule has 3 rings (SSSR count). The van der Waals surface area contributed by atoms with Gasteiger partial charge in [0.1, 0.15) is 0 Å². The van der Waals surface area contributed by atoms with Gasteiger partial charge in [0.25, 0.3) is 0 Å². The first-order chi connectivity index (χ1) is 9.22. The maximum Gasteiger partial charge on any atom is 0.0375 e. The molecule has 2 atom stereocenters. The fourth-order valence-corrected chi connectivity index (χ4v) is 3.52. The van der Waals surface area contributed by atoms with E-state index in [9.17, 15) is 0 Å². The van der Waals surface area contributed by atoms with Crippen molar-refractivity contribution in [2.75, 3.05) is 18.4 Å². The molecule has 0 aliphatic carbocycles. The van der Waals surface area contributed by atoms with E-state index in [1.165, 1.54) is 62.0 Å². The van der Waals surface area contributed by atoms with Crippen molar-refractivity contribution in [2.24, 2.45) is 0 Å². The molecule has 0 saturated carbocycles. The molecule has 2 nitrogen and oxygen atoms in total. The third-order valence-electron chi connectivity index (χ3n) is 4.73. The van der Waals surface area contributed by atoms with Crippen LogP contribution in [0.4, 0.5) is 5.69 Å². The Bertz CT molecular complexity index is 441. The Kier molecular flexibility index (Phi) is 3.79. The van der Waals surface area contributed by atoms with E-state index in [4.69, 9.17) is 0 Å². The Morgan fingerprint density at radius 2 is 2.16 bits per heavy atom. The van der Waals surface area contributed by atoms with Crippen molar-refractivity contribution < 1.29 is 0 Å². The van der Waals surface area contributed by atoms with Gasteiger partial charge in [0.15, 0.2) is 0 Å². The highest BCUT2D eigenvalue weighted by Crippen LogP contribution is 2.27. The minimum Gasteiger partial charge on any atom is -0.382 e. The normalized spacial score (nSPS) is 27.1. The highest BCUT2D eigenvalue weighted by molar-refractivity contribution is 5.57. The van der Waals surface area contributed by atoms with E-state index in [-0.39, 0.29) is 0 Å². The molecule has 1 N–H and O–H groups in total. The number of fused-ring (bicyclic) bond motifs is 1. The van der Waals surface area contributed by atoms with E-state index in [0.717, 1.165) is 6.04 Å². The summed E-state index contributed by atoms with van der Waals surface area (Å²) < 4.78 is 0. The lowest BCUT2D eigenvalue weighted by atomic mass is 10.0. The third-order valence-corrected chi connectivity index (χ3v) is 4.73. The van der Waals surface area contributed by atoms with Gasteiger partial charge in [0, 0.05) is 24.3 Å². The molecule has 104 valence electrons. The van der Waals surface area contributed by atoms with Gasteiger partial charge in [-0.05, 0) is 63.3 Å². The van der Waals surface area contributed by atoms with Crippen molar-refractivity contribution in [1.29, 1.82) is 0 Å². The zero-order valence-corrected chi connectivity index (χ0v) is 12.3. The van der Waals surface area contributed by atoms with Gasteiger partial charge < -0.3 is 10.2 Å². The summed E-state index contributed by atoms with van der Waals surface area (Å²) in [5, 5.41) is 3.53. The molecule has 0 spiro atoms. The molecule has 2 unspecified atom stereocenters. The molecule has 2 heteroatoms. The number of likely N-dealkylation sites (tertiary alicyclic amines) is 1. The highest BCUT2D eigenvalue weighted by Gasteiger charge is 2.19. The van der Waals surface area contributed by atoms with E-state index < -0.39 is 0 Å². The van der Waals surface area contributed by atoms with Gasteiger partial charge in [-0.1, -0.05) is 18.6 Å². The number of anilines is 1. The van der Waals surface area contributed by atoms with Crippen molar-refractivity contribution >= 4 is 5.69 Å². The molecule has 0 bridgehead atoms. The topological polar surface area (TPSA) is 15.3 Å². The summed E-state index contributed by atoms with van der Waals surface area (Å²) in [5.74, 6) is 0. The van der Waals surface area contributed by atoms with Gasteiger partial charge in [-0.15, -0.1) is 0 Å². The molecule has 2 aliphatic heterocycles. The predicted octanol–water partition coefficient (Wildman–Crippen LogP) is 3.46. The van der Waals surface area contributed by atoms with Crippen LogP contribution in [0.5, 0.6) is 0 Å². The van der Waals surface area contributed by atoms with Crippen molar-refractivity contribution in [2.45, 2.75) is 58.0 Å². The van der Waals surface area contributed by atoms with Crippen LogP contribution in [0.1, 0.15) is 44.2 Å². The van der Waals surface area contributed by atoms with Gasteiger partial charge in [0.05, 0.1) is 0 Å². The number of hydrogen-bond donors (Lipinski definition) is 1. The maximum atomic E-state index is 3.53. The van der Waals surface area contributed by atoms with Crippen LogP contribution in [0, 0.1) is 0 Å². The molecule has 0 aromatic heterocycles. The van der Waals surface area contributed by atoms with E-state index >= 15 is 0 Å². The standard InChI is InChI=1S/C17H26N2/c1-13-11-16-12-15(6-7-17(16)18-13)8-10-19-9-4-3-5-14(19)2/h6-7,12-14,18H,3-5,8-11H2,1-2H3. The van der Waals surface area contributed by atoms with Crippen molar-refractivity contribution in [3.05, 3.63) is 29.3 Å². The lowest BCUT2D eigenvalue weighted by Gasteiger charge is -2.33. The molecular formula is C17H26N2. The molecule has 0 radical (unpaired) electrons. The second kappa shape index (κ2) is 5.54. The van der Waals surface area contributed by atoms with Crippen LogP contribution in [0.15, 0.2) is 18.2 Å². The maximum absolute atomic E-state index is 3.53. The van der Waals surface area contributed by atoms with Crippen LogP contribution < -0.4 is 5.32 Å². The summed E-state index contributed by atoms with van der Waals surface area (Å²) in [5.41, 5.74) is 4.37. The van der Waals surface area contributed by atoms with E-state index in [1.807, 2.05) is 0 Å². The average molecular weight is 258 g/mol. The second-order valence-electron chi connectivity index (χ2n) is 6.37. The van der Waals surface area contributed by atoms with Gasteiger partial charge in [-0.25, -0.2) is 0 Å². The number of benzene rings is 1.